The Bertz CT molecular complexity index is 1930. The number of aliphatic hydroxyl groups excluding tert-OH is 1. The van der Waals surface area contributed by atoms with Crippen molar-refractivity contribution in [1.29, 1.82) is 0 Å². The van der Waals surface area contributed by atoms with Crippen molar-refractivity contribution >= 4 is 29.8 Å². The van der Waals surface area contributed by atoms with Crippen LogP contribution in [0.5, 0.6) is 5.75 Å². The van der Waals surface area contributed by atoms with E-state index in [2.05, 4.69) is 10.2 Å². The van der Waals surface area contributed by atoms with Gasteiger partial charge in [0, 0.05) is 23.2 Å². The van der Waals surface area contributed by atoms with E-state index < -0.39 is 99.6 Å². The number of halogens is 1. The zero-order valence-corrected chi connectivity index (χ0v) is 35.6. The second-order valence-electron chi connectivity index (χ2n) is 18.4. The Labute approximate surface area is 353 Å². The lowest BCUT2D eigenvalue weighted by Crippen LogP contribution is -2.70. The molecule has 336 valence electrons. The molecular formula is C43H57FN2O15. The standard InChI is InChI=1S/C43H57FN2O15/c1-38(2,3)60-36(51)45-31(35(50)55-18-8-9-19-57-46(53)54)20-25-10-13-28(14-11-25)58-37(52)56-24-33(49)43-34(59-39(4,5)61-43)22-30-29-15-12-26-21-27(47)16-17-40(26,6)42(29,44)32(48)23-41(30,43)7/h10-11,13-14,16-17,21,29-32,34,48,53-54H,8-9,12,15,18-20,22-24H2,1-7H3,(H,45,51)/t29?,30?,31-,32-,34+,40-,41-,42-,43+/m0/s1. The first-order valence-corrected chi connectivity index (χ1v) is 20.6. The number of benzene rings is 1. The number of esters is 1. The van der Waals surface area contributed by atoms with Crippen LogP contribution in [-0.2, 0) is 49.3 Å². The van der Waals surface area contributed by atoms with E-state index in [-0.39, 0.29) is 44.0 Å². The maximum absolute atomic E-state index is 17.7. The molecule has 0 spiro atoms. The van der Waals surface area contributed by atoms with Gasteiger partial charge in [0.2, 0.25) is 5.78 Å². The number of ether oxygens (including phenoxy) is 6. The number of alkyl halides is 1. The Morgan fingerprint density at radius 1 is 1.02 bits per heavy atom. The molecule has 6 rings (SSSR count). The van der Waals surface area contributed by atoms with Crippen LogP contribution in [0.25, 0.3) is 0 Å². The average molecular weight is 861 g/mol. The Balaban J connectivity index is 1.10. The number of hydrogen-bond donors (Lipinski definition) is 4. The van der Waals surface area contributed by atoms with Gasteiger partial charge in [-0.3, -0.25) is 24.8 Å². The Morgan fingerprint density at radius 3 is 2.38 bits per heavy atom. The van der Waals surface area contributed by atoms with E-state index in [0.717, 1.165) is 0 Å². The third-order valence-corrected chi connectivity index (χ3v) is 12.9. The van der Waals surface area contributed by atoms with E-state index in [1.165, 1.54) is 24.3 Å². The summed E-state index contributed by atoms with van der Waals surface area (Å²) in [7, 11) is 0. The molecule has 5 aliphatic rings. The van der Waals surface area contributed by atoms with Crippen molar-refractivity contribution in [2.75, 3.05) is 19.8 Å². The molecule has 1 aliphatic heterocycles. The minimum absolute atomic E-state index is 0.0294. The maximum Gasteiger partial charge on any atom is 0.514 e. The van der Waals surface area contributed by atoms with Crippen LogP contribution in [0, 0.1) is 22.7 Å². The van der Waals surface area contributed by atoms with E-state index in [4.69, 9.17) is 38.8 Å². The second-order valence-corrected chi connectivity index (χ2v) is 18.4. The number of carbonyl (C=O) groups is 5. The molecule has 1 saturated heterocycles. The molecule has 61 heavy (non-hydrogen) atoms. The van der Waals surface area contributed by atoms with E-state index >= 15 is 4.39 Å². The largest absolute Gasteiger partial charge is 0.514 e. The van der Waals surface area contributed by atoms with Crippen LogP contribution in [0.4, 0.5) is 14.0 Å². The molecule has 4 fully saturated rings. The average Bonchev–Trinajstić information content (AvgIpc) is 3.57. The Morgan fingerprint density at radius 2 is 1.70 bits per heavy atom. The molecular weight excluding hydrogens is 803 g/mol. The van der Waals surface area contributed by atoms with Gasteiger partial charge in [0.15, 0.2) is 29.4 Å². The molecule has 0 radical (unpaired) electrons. The molecule has 1 aromatic rings. The molecule has 1 heterocycles. The highest BCUT2D eigenvalue weighted by molar-refractivity contribution is 6.01. The van der Waals surface area contributed by atoms with Crippen molar-refractivity contribution in [3.05, 3.63) is 53.6 Å². The lowest BCUT2D eigenvalue weighted by molar-refractivity contribution is -0.492. The van der Waals surface area contributed by atoms with Crippen LogP contribution in [-0.4, -0.2) is 111 Å². The molecule has 1 amide bonds. The fraction of sp³-hybridized carbons (Fsp3) is 0.651. The van der Waals surface area contributed by atoms with Crippen LogP contribution in [0.2, 0.25) is 0 Å². The minimum atomic E-state index is -2.13. The molecule has 18 heteroatoms. The molecule has 2 unspecified atom stereocenters. The highest BCUT2D eigenvalue weighted by atomic mass is 19.1. The smallest absolute Gasteiger partial charge is 0.464 e. The number of carbonyl (C=O) groups excluding carboxylic acids is 5. The monoisotopic (exact) mass is 860 g/mol. The summed E-state index contributed by atoms with van der Waals surface area (Å²) >= 11 is 0. The molecule has 3 saturated carbocycles. The molecule has 4 aliphatic carbocycles. The molecule has 17 nitrogen and oxygen atoms in total. The van der Waals surface area contributed by atoms with Gasteiger partial charge in [-0.05, 0) is 116 Å². The number of hydrogen-bond acceptors (Lipinski definition) is 16. The zero-order valence-electron chi connectivity index (χ0n) is 35.6. The Kier molecular flexibility index (Phi) is 13.0. The third-order valence-electron chi connectivity index (χ3n) is 12.9. The number of amides is 1. The maximum atomic E-state index is 17.7. The van der Waals surface area contributed by atoms with E-state index in [1.54, 1.807) is 59.8 Å². The summed E-state index contributed by atoms with van der Waals surface area (Å²) in [6, 6.07) is 4.81. The number of ketones is 2. The molecule has 0 bridgehead atoms. The number of allylic oxidation sites excluding steroid dienone is 4. The van der Waals surface area contributed by atoms with Gasteiger partial charge in [-0.1, -0.05) is 30.7 Å². The highest BCUT2D eigenvalue weighted by Crippen LogP contribution is 2.72. The molecule has 9 atom stereocenters. The van der Waals surface area contributed by atoms with Crippen LogP contribution >= 0.6 is 0 Å². The first-order valence-electron chi connectivity index (χ1n) is 20.6. The number of alkyl carbamates (subject to hydrolysis) is 1. The summed E-state index contributed by atoms with van der Waals surface area (Å²) < 4.78 is 51.9. The van der Waals surface area contributed by atoms with Gasteiger partial charge >= 0.3 is 18.2 Å². The van der Waals surface area contributed by atoms with Crippen LogP contribution < -0.4 is 10.1 Å². The number of nitrogens with zero attached hydrogens (tertiary/aromatic N) is 1. The van der Waals surface area contributed by atoms with E-state index in [1.807, 2.05) is 6.92 Å². The molecule has 0 aromatic heterocycles. The zero-order chi connectivity index (χ0) is 44.8. The summed E-state index contributed by atoms with van der Waals surface area (Å²) in [6.45, 7) is 11.0. The summed E-state index contributed by atoms with van der Waals surface area (Å²) in [5.74, 6) is -3.92. The van der Waals surface area contributed by atoms with Gasteiger partial charge in [-0.25, -0.2) is 18.8 Å². The summed E-state index contributed by atoms with van der Waals surface area (Å²) in [6.07, 6.45) is 1.53. The van der Waals surface area contributed by atoms with Gasteiger partial charge < -0.3 is 38.8 Å². The molecule has 1 aromatic carbocycles. The van der Waals surface area contributed by atoms with Crippen molar-refractivity contribution < 1.29 is 77.1 Å². The highest BCUT2D eigenvalue weighted by Gasteiger charge is 2.80. The van der Waals surface area contributed by atoms with Crippen LogP contribution in [0.15, 0.2) is 48.1 Å². The van der Waals surface area contributed by atoms with Crippen molar-refractivity contribution in [1.82, 2.24) is 10.7 Å². The summed E-state index contributed by atoms with van der Waals surface area (Å²) in [5.41, 5.74) is -5.83. The number of Topliss-reactive ketones (excluding diaryl/α,β-unsaturated/α-hetero) is 1. The summed E-state index contributed by atoms with van der Waals surface area (Å²) in [4.78, 5) is 69.8. The predicted octanol–water partition coefficient (Wildman–Crippen LogP) is 5.41. The van der Waals surface area contributed by atoms with Gasteiger partial charge in [-0.15, -0.1) is 0 Å². The number of nitrogens with one attached hydrogen (secondary N) is 1. The van der Waals surface area contributed by atoms with Crippen molar-refractivity contribution in [2.45, 2.75) is 134 Å². The second kappa shape index (κ2) is 17.1. The summed E-state index contributed by atoms with van der Waals surface area (Å²) in [5, 5.41) is 31.2. The van der Waals surface area contributed by atoms with E-state index in [0.29, 0.717) is 36.8 Å². The number of rotatable bonds is 14. The number of aliphatic hydroxyl groups is 1. The van der Waals surface area contributed by atoms with Gasteiger partial charge in [0.05, 0.1) is 30.8 Å². The van der Waals surface area contributed by atoms with Crippen molar-refractivity contribution in [3.8, 4) is 5.75 Å². The van der Waals surface area contributed by atoms with Crippen LogP contribution in [0.3, 0.4) is 0 Å². The fourth-order valence-electron chi connectivity index (χ4n) is 10.4. The fourth-order valence-corrected chi connectivity index (χ4v) is 10.4. The SMILES string of the molecule is CC(C)(C)OC(=O)N[C@@H](Cc1ccc(OC(=O)OCC(=O)[C@@]23OC(C)(C)O[C@@H]2CC2C4CCC5=CC(=O)C=C[C@]5(C)[C@@]4(F)[C@@H](O)C[C@@]23C)cc1)C(=O)OCCCCON(O)O. The van der Waals surface area contributed by atoms with Gasteiger partial charge in [0.25, 0.3) is 0 Å². The van der Waals surface area contributed by atoms with Gasteiger partial charge in [0.1, 0.15) is 17.4 Å². The lowest BCUT2D eigenvalue weighted by atomic mass is 9.44. The van der Waals surface area contributed by atoms with Crippen molar-refractivity contribution in [2.24, 2.45) is 22.7 Å². The first-order chi connectivity index (χ1) is 28.4. The Hall–Kier alpha value is -4.30. The minimum Gasteiger partial charge on any atom is -0.464 e. The number of unbranched alkanes of at least 4 members (excludes halogenated alkanes) is 1. The predicted molar refractivity (Wildman–Crippen MR) is 208 cm³/mol. The number of fused-ring (bicyclic) bond motifs is 7. The topological polar surface area (TPSA) is 226 Å². The lowest BCUT2D eigenvalue weighted by Gasteiger charge is -2.62. The van der Waals surface area contributed by atoms with Crippen molar-refractivity contribution in [3.63, 3.8) is 0 Å². The third kappa shape index (κ3) is 8.99. The van der Waals surface area contributed by atoms with Gasteiger partial charge in [-0.2, -0.15) is 0 Å². The van der Waals surface area contributed by atoms with E-state index in [9.17, 15) is 29.1 Å². The first kappa shape index (κ1) is 46.2. The normalized spacial score (nSPS) is 32.7. The van der Waals surface area contributed by atoms with Crippen LogP contribution in [0.1, 0.15) is 92.6 Å². The quantitative estimate of drug-likeness (QED) is 0.0603. The molecule has 4 N–H and O–H groups in total.